The second-order valence-electron chi connectivity index (χ2n) is 10.4. The van der Waals surface area contributed by atoms with Crippen molar-refractivity contribution < 1.29 is 37.0 Å². The van der Waals surface area contributed by atoms with Gasteiger partial charge in [0.25, 0.3) is 27.7 Å². The number of sulfonamides is 1. The largest absolute Gasteiger partial charge is 0.363 e. The number of fused-ring (bicyclic) bond motifs is 2. The number of benzene rings is 4. The lowest BCUT2D eigenvalue weighted by Gasteiger charge is -2.24. The van der Waals surface area contributed by atoms with Gasteiger partial charge in [-0.3, -0.25) is 14.4 Å². The summed E-state index contributed by atoms with van der Waals surface area (Å²) in [6.07, 6.45) is -0.111. The Labute approximate surface area is 252 Å². The first-order valence-electron chi connectivity index (χ1n) is 13.7. The minimum Gasteiger partial charge on any atom is -0.325 e. The summed E-state index contributed by atoms with van der Waals surface area (Å²) in [7, 11) is -2.59. The highest BCUT2D eigenvalue weighted by molar-refractivity contribution is 7.93. The van der Waals surface area contributed by atoms with E-state index in [4.69, 9.17) is 4.84 Å². The van der Waals surface area contributed by atoms with Crippen LogP contribution in [0.5, 0.6) is 0 Å². The average molecular weight is 609 g/mol. The van der Waals surface area contributed by atoms with Crippen molar-refractivity contribution in [3.8, 4) is 0 Å². The van der Waals surface area contributed by atoms with E-state index in [1.807, 2.05) is 42.8 Å². The molecule has 10 nitrogen and oxygen atoms in total. The smallest absolute Gasteiger partial charge is 0.325 e. The summed E-state index contributed by atoms with van der Waals surface area (Å²) in [4.78, 5) is 56.1. The number of hydrogen-bond donors (Lipinski definition) is 0. The van der Waals surface area contributed by atoms with E-state index in [9.17, 15) is 27.6 Å². The maximum Gasteiger partial charge on any atom is 0.363 e. The molecular formula is C33H26N3O7S+. The van der Waals surface area contributed by atoms with Crippen molar-refractivity contribution in [3.63, 3.8) is 0 Å². The van der Waals surface area contributed by atoms with Crippen molar-refractivity contribution in [1.82, 2.24) is 5.06 Å². The number of hydroxylamine groups is 2. The van der Waals surface area contributed by atoms with E-state index in [1.54, 1.807) is 36.4 Å². The second-order valence-corrected chi connectivity index (χ2v) is 12.2. The van der Waals surface area contributed by atoms with Gasteiger partial charge >= 0.3 is 5.97 Å². The zero-order valence-corrected chi connectivity index (χ0v) is 24.6. The first kappa shape index (κ1) is 28.7. The van der Waals surface area contributed by atoms with Crippen molar-refractivity contribution in [2.24, 2.45) is 7.05 Å². The molecule has 4 aromatic carbocycles. The predicted molar refractivity (Wildman–Crippen MR) is 161 cm³/mol. The third-order valence-electron chi connectivity index (χ3n) is 7.54. The monoisotopic (exact) mass is 608 g/mol. The van der Waals surface area contributed by atoms with Crippen molar-refractivity contribution in [2.45, 2.75) is 24.7 Å². The molecule has 0 atom stereocenters. The lowest BCUT2D eigenvalue weighted by molar-refractivity contribution is -0.617. The van der Waals surface area contributed by atoms with Crippen LogP contribution in [-0.2, 0) is 31.5 Å². The van der Waals surface area contributed by atoms with Gasteiger partial charge in [-0.25, -0.2) is 13.2 Å². The number of aryl methyl sites for hydroxylation is 2. The van der Waals surface area contributed by atoms with Gasteiger partial charge in [0.2, 0.25) is 11.0 Å². The molecule has 1 saturated heterocycles. The van der Waals surface area contributed by atoms with Crippen LogP contribution in [0.1, 0.15) is 39.1 Å². The zero-order valence-electron chi connectivity index (χ0n) is 23.8. The number of hydrogen-bond acceptors (Lipinski definition) is 7. The summed E-state index contributed by atoms with van der Waals surface area (Å²) in [5, 5.41) is 1.55. The van der Waals surface area contributed by atoms with E-state index in [1.165, 1.54) is 36.4 Å². The fourth-order valence-corrected chi connectivity index (χ4v) is 6.67. The molecular weight excluding hydrogens is 582 g/mol. The minimum absolute atomic E-state index is 0.0261. The lowest BCUT2D eigenvalue weighted by atomic mass is 10.0. The lowest BCUT2D eigenvalue weighted by Crippen LogP contribution is -2.39. The number of carbonyl (C=O) groups excluding carboxylic acids is 4. The highest BCUT2D eigenvalue weighted by Crippen LogP contribution is 2.32. The fourth-order valence-electron chi connectivity index (χ4n) is 5.27. The Kier molecular flexibility index (Phi) is 7.18. The van der Waals surface area contributed by atoms with Crippen LogP contribution in [0.25, 0.3) is 21.8 Å². The molecule has 6 rings (SSSR count). The number of anilines is 1. The fraction of sp³-hybridized carbons (Fsp3) is 0.121. The summed E-state index contributed by atoms with van der Waals surface area (Å²) in [6, 6.07) is 25.8. The summed E-state index contributed by atoms with van der Waals surface area (Å²) in [5.41, 5.74) is 2.41. The number of imide groups is 1. The number of aromatic nitrogens is 1. The Morgan fingerprint density at radius 1 is 0.773 bits per heavy atom. The standard InChI is InChI=1S/C33H26N3O7S/c1-21-11-17-24(18-12-21)44(41,42)36(23-15-13-22(14-16-23)33(40)43-35-29(37)19-20-30(35)38)32(39)31-25-7-3-5-9-27(25)34(2)28-10-6-4-8-26(28)31/h3-18H,19-20H2,1-2H3/q+1. The Morgan fingerprint density at radius 2 is 1.30 bits per heavy atom. The van der Waals surface area contributed by atoms with Gasteiger partial charge < -0.3 is 4.84 Å². The number of amides is 3. The number of pyridine rings is 1. The van der Waals surface area contributed by atoms with Gasteiger partial charge in [-0.2, -0.15) is 8.87 Å². The molecule has 0 spiro atoms. The molecule has 1 aliphatic rings. The molecule has 1 fully saturated rings. The Hall–Kier alpha value is -5.42. The highest BCUT2D eigenvalue weighted by atomic mass is 32.2. The maximum absolute atomic E-state index is 14.7. The van der Waals surface area contributed by atoms with Crippen LogP contribution in [0.15, 0.2) is 102 Å². The zero-order chi connectivity index (χ0) is 31.2. The Balaban J connectivity index is 1.50. The van der Waals surface area contributed by atoms with E-state index in [0.29, 0.717) is 15.8 Å². The van der Waals surface area contributed by atoms with Crippen molar-refractivity contribution in [1.29, 1.82) is 0 Å². The number of rotatable bonds is 6. The minimum atomic E-state index is -4.47. The van der Waals surface area contributed by atoms with E-state index in [2.05, 4.69) is 0 Å². The molecule has 5 aromatic rings. The van der Waals surface area contributed by atoms with Gasteiger partial charge in [-0.15, -0.1) is 5.06 Å². The van der Waals surface area contributed by atoms with Crippen LogP contribution < -0.4 is 8.87 Å². The van der Waals surface area contributed by atoms with Gasteiger partial charge in [0.05, 0.1) is 32.5 Å². The van der Waals surface area contributed by atoms with Crippen molar-refractivity contribution in [3.05, 3.63) is 114 Å². The molecule has 0 saturated carbocycles. The molecule has 0 unspecified atom stereocenters. The molecule has 1 aliphatic heterocycles. The van der Waals surface area contributed by atoms with Crippen LogP contribution in [0, 0.1) is 6.92 Å². The maximum atomic E-state index is 14.7. The van der Waals surface area contributed by atoms with Gasteiger partial charge in [-0.05, 0) is 55.5 Å². The van der Waals surface area contributed by atoms with E-state index < -0.39 is 33.7 Å². The van der Waals surface area contributed by atoms with Gasteiger partial charge in [0.15, 0.2) is 0 Å². The van der Waals surface area contributed by atoms with Crippen LogP contribution in [-0.4, -0.2) is 37.2 Å². The Bertz CT molecular complexity index is 2040. The first-order valence-corrected chi connectivity index (χ1v) is 15.2. The van der Waals surface area contributed by atoms with Crippen molar-refractivity contribution >= 4 is 61.2 Å². The molecule has 220 valence electrons. The molecule has 44 heavy (non-hydrogen) atoms. The van der Waals surface area contributed by atoms with Gasteiger partial charge in [-0.1, -0.05) is 42.0 Å². The topological polar surface area (TPSA) is 122 Å². The number of carbonyl (C=O) groups is 4. The van der Waals surface area contributed by atoms with Gasteiger partial charge in [0, 0.05) is 25.0 Å². The molecule has 1 aromatic heterocycles. The molecule has 0 bridgehead atoms. The molecule has 11 heteroatoms. The van der Waals surface area contributed by atoms with Crippen LogP contribution >= 0.6 is 0 Å². The van der Waals surface area contributed by atoms with E-state index in [0.717, 1.165) is 20.9 Å². The predicted octanol–water partition coefficient (Wildman–Crippen LogP) is 4.38. The SMILES string of the molecule is Cc1ccc(S(=O)(=O)N(C(=O)c2c3ccccc3[n+](C)c3ccccc23)c2ccc(C(=O)ON3C(=O)CCC3=O)cc2)cc1. The van der Waals surface area contributed by atoms with Gasteiger partial charge in [0.1, 0.15) is 7.05 Å². The Morgan fingerprint density at radius 3 is 1.84 bits per heavy atom. The first-order chi connectivity index (χ1) is 21.1. The van der Waals surface area contributed by atoms with Crippen LogP contribution in [0.2, 0.25) is 0 Å². The van der Waals surface area contributed by atoms with Crippen molar-refractivity contribution in [2.75, 3.05) is 4.31 Å². The highest BCUT2D eigenvalue weighted by Gasteiger charge is 2.36. The van der Waals surface area contributed by atoms with Crippen LogP contribution in [0.4, 0.5) is 5.69 Å². The third kappa shape index (κ3) is 4.86. The summed E-state index contributed by atoms with van der Waals surface area (Å²) in [6.45, 7) is 1.82. The normalized spacial score (nSPS) is 13.5. The summed E-state index contributed by atoms with van der Waals surface area (Å²) in [5.74, 6) is -3.03. The quantitative estimate of drug-likeness (QED) is 0.159. The average Bonchev–Trinajstić information content (AvgIpc) is 3.34. The molecule has 2 heterocycles. The molecule has 3 amide bonds. The van der Waals surface area contributed by atoms with E-state index >= 15 is 0 Å². The second kappa shape index (κ2) is 11.0. The molecule has 0 radical (unpaired) electrons. The number of nitrogens with zero attached hydrogens (tertiary/aromatic N) is 3. The third-order valence-corrected chi connectivity index (χ3v) is 9.27. The molecule has 0 aliphatic carbocycles. The summed E-state index contributed by atoms with van der Waals surface area (Å²) < 4.78 is 31.2. The van der Waals surface area contributed by atoms with Crippen LogP contribution in [0.3, 0.4) is 0 Å². The summed E-state index contributed by atoms with van der Waals surface area (Å²) >= 11 is 0. The molecule has 0 N–H and O–H groups in total. The number of para-hydroxylation sites is 2. The van der Waals surface area contributed by atoms with E-state index in [-0.39, 0.29) is 34.6 Å².